The molecule has 0 saturated carbocycles. The zero-order valence-electron chi connectivity index (χ0n) is 7.29. The number of hydrogen-bond acceptors (Lipinski definition) is 3. The quantitative estimate of drug-likeness (QED) is 0.567. The van der Waals surface area contributed by atoms with Crippen LogP contribution in [0.25, 0.3) is 0 Å². The van der Waals surface area contributed by atoms with E-state index in [1.807, 2.05) is 0 Å². The number of carboxylic acids is 1. The van der Waals surface area contributed by atoms with E-state index in [4.69, 9.17) is 15.0 Å². The van der Waals surface area contributed by atoms with Gasteiger partial charge in [-0.25, -0.2) is 0 Å². The Balaban J connectivity index is 0. The van der Waals surface area contributed by atoms with Crippen molar-refractivity contribution < 1.29 is 15.0 Å². The van der Waals surface area contributed by atoms with E-state index in [0.29, 0.717) is 17.5 Å². The summed E-state index contributed by atoms with van der Waals surface area (Å²) in [5, 5.41) is 17.2. The number of aliphatic hydroxyl groups excluding tert-OH is 1. The molecule has 0 unspecified atom stereocenters. The molecule has 0 aliphatic carbocycles. The van der Waals surface area contributed by atoms with Gasteiger partial charge in [-0.1, -0.05) is 0 Å². The van der Waals surface area contributed by atoms with E-state index in [0.717, 1.165) is 13.3 Å². The average Bonchev–Trinajstić information content (AvgIpc) is 1.82. The van der Waals surface area contributed by atoms with Crippen LogP contribution in [0.2, 0.25) is 0 Å². The average molecular weight is 180 g/mol. The van der Waals surface area contributed by atoms with Gasteiger partial charge in [0.15, 0.2) is 0 Å². The maximum absolute atomic E-state index is 8.89. The maximum atomic E-state index is 8.89. The normalized spacial score (nSPS) is 8.82. The summed E-state index contributed by atoms with van der Waals surface area (Å²) in [7, 11) is 0.525. The molecule has 0 spiro atoms. The molecular formula is C7H16O3S. The van der Waals surface area contributed by atoms with Crippen LogP contribution in [-0.4, -0.2) is 35.9 Å². The lowest BCUT2D eigenvalue weighted by atomic mass is 10.5. The largest absolute Gasteiger partial charge is 0.550 e. The predicted octanol–water partition coefficient (Wildman–Crippen LogP) is -0.997. The molecule has 0 aromatic rings. The molecule has 0 heterocycles. The van der Waals surface area contributed by atoms with E-state index in [2.05, 4.69) is 12.5 Å². The summed E-state index contributed by atoms with van der Waals surface area (Å²) in [6.45, 7) is 1.32. The van der Waals surface area contributed by atoms with Crippen molar-refractivity contribution >= 4 is 16.9 Å². The van der Waals surface area contributed by atoms with Crippen molar-refractivity contribution in [1.29, 1.82) is 0 Å². The zero-order valence-corrected chi connectivity index (χ0v) is 8.11. The van der Waals surface area contributed by atoms with Crippen molar-refractivity contribution in [2.45, 2.75) is 13.3 Å². The Morgan fingerprint density at radius 1 is 1.55 bits per heavy atom. The van der Waals surface area contributed by atoms with Crippen molar-refractivity contribution in [1.82, 2.24) is 0 Å². The molecule has 0 aromatic carbocycles. The van der Waals surface area contributed by atoms with Gasteiger partial charge in [-0.05, 0) is 17.8 Å². The predicted molar refractivity (Wildman–Crippen MR) is 46.5 cm³/mol. The molecule has 0 aromatic heterocycles. The lowest BCUT2D eigenvalue weighted by Gasteiger charge is -1.90. The van der Waals surface area contributed by atoms with Crippen molar-refractivity contribution in [2.24, 2.45) is 0 Å². The van der Waals surface area contributed by atoms with E-state index < -0.39 is 5.97 Å². The third kappa shape index (κ3) is 41.4. The number of rotatable bonds is 3. The molecule has 0 atom stereocenters. The SMILES string of the molecule is CC(=O)[O-].C[S+](C)CCCO. The van der Waals surface area contributed by atoms with Gasteiger partial charge in [0.1, 0.15) is 5.75 Å². The van der Waals surface area contributed by atoms with Gasteiger partial charge >= 0.3 is 0 Å². The summed E-state index contributed by atoms with van der Waals surface area (Å²) >= 11 is 0. The first kappa shape index (κ1) is 13.4. The van der Waals surface area contributed by atoms with Crippen molar-refractivity contribution in [3.05, 3.63) is 0 Å². The van der Waals surface area contributed by atoms with E-state index in [9.17, 15) is 0 Å². The van der Waals surface area contributed by atoms with Crippen LogP contribution in [0.4, 0.5) is 0 Å². The van der Waals surface area contributed by atoms with E-state index in [1.54, 1.807) is 0 Å². The lowest BCUT2D eigenvalue weighted by Crippen LogP contribution is -2.16. The molecule has 0 saturated heterocycles. The van der Waals surface area contributed by atoms with Crippen LogP contribution in [0.15, 0.2) is 0 Å². The molecule has 0 amide bonds. The molecule has 1 N–H and O–H groups in total. The Labute approximate surface area is 70.8 Å². The molecule has 0 aliphatic heterocycles. The van der Waals surface area contributed by atoms with E-state index >= 15 is 0 Å². The van der Waals surface area contributed by atoms with E-state index in [1.165, 1.54) is 5.75 Å². The summed E-state index contributed by atoms with van der Waals surface area (Å²) < 4.78 is 0. The molecule has 11 heavy (non-hydrogen) atoms. The number of aliphatic hydroxyl groups is 1. The van der Waals surface area contributed by atoms with Gasteiger partial charge in [0, 0.05) is 19.0 Å². The highest BCUT2D eigenvalue weighted by Gasteiger charge is 1.97. The monoisotopic (exact) mass is 180 g/mol. The van der Waals surface area contributed by atoms with Crippen molar-refractivity contribution in [2.75, 3.05) is 24.9 Å². The van der Waals surface area contributed by atoms with Gasteiger partial charge in [-0.3, -0.25) is 0 Å². The zero-order chi connectivity index (χ0) is 9.28. The smallest absolute Gasteiger partial charge is 0.109 e. The fraction of sp³-hybridized carbons (Fsp3) is 0.857. The van der Waals surface area contributed by atoms with Gasteiger partial charge in [-0.2, -0.15) is 0 Å². The van der Waals surface area contributed by atoms with Crippen LogP contribution in [0.5, 0.6) is 0 Å². The maximum Gasteiger partial charge on any atom is 0.109 e. The number of carbonyl (C=O) groups is 1. The highest BCUT2D eigenvalue weighted by Crippen LogP contribution is 1.86. The van der Waals surface area contributed by atoms with Gasteiger partial charge in [0.05, 0.1) is 12.5 Å². The minimum absolute atomic E-state index is 0.352. The summed E-state index contributed by atoms with van der Waals surface area (Å²) in [5.74, 6) is 0.0938. The van der Waals surface area contributed by atoms with Crippen LogP contribution >= 0.6 is 0 Å². The fourth-order valence-corrected chi connectivity index (χ4v) is 1.06. The van der Waals surface area contributed by atoms with Gasteiger partial charge < -0.3 is 15.0 Å². The Hall–Kier alpha value is -0.220. The molecule has 4 heteroatoms. The number of carboxylic acid groups (broad SMARTS) is 1. The molecule has 68 valence electrons. The summed E-state index contributed by atoms with van der Waals surface area (Å²) in [5.41, 5.74) is 0. The van der Waals surface area contributed by atoms with Gasteiger partial charge in [0.2, 0.25) is 0 Å². The summed E-state index contributed by atoms with van der Waals surface area (Å²) in [4.78, 5) is 8.89. The Kier molecular flexibility index (Phi) is 11.9. The summed E-state index contributed by atoms with van der Waals surface area (Å²) in [6.07, 6.45) is 5.35. The number of aliphatic carboxylic acids is 1. The van der Waals surface area contributed by atoms with Crippen LogP contribution in [0.3, 0.4) is 0 Å². The minimum atomic E-state index is -1.08. The molecule has 0 fully saturated rings. The second-order valence-electron chi connectivity index (χ2n) is 2.26. The van der Waals surface area contributed by atoms with Crippen LogP contribution in [-0.2, 0) is 15.7 Å². The summed E-state index contributed by atoms with van der Waals surface area (Å²) in [6, 6.07) is 0. The molecule has 0 aliphatic rings. The first-order valence-electron chi connectivity index (χ1n) is 3.33. The first-order chi connectivity index (χ1) is 5.00. The standard InChI is InChI=1S/C5H13OS.C2H4O2/c1-7(2)5-3-4-6;1-2(3)4/h6H,3-5H2,1-2H3;1H3,(H,3,4)/q+1;/p-1. The van der Waals surface area contributed by atoms with Gasteiger partial charge in [-0.15, -0.1) is 0 Å². The third-order valence-corrected chi connectivity index (χ3v) is 1.82. The third-order valence-electron chi connectivity index (χ3n) is 0.711. The molecule has 3 nitrogen and oxygen atoms in total. The molecule has 0 bridgehead atoms. The molecule has 0 rings (SSSR count). The van der Waals surface area contributed by atoms with Crippen LogP contribution < -0.4 is 5.11 Å². The Morgan fingerprint density at radius 2 is 1.91 bits per heavy atom. The minimum Gasteiger partial charge on any atom is -0.550 e. The lowest BCUT2D eigenvalue weighted by molar-refractivity contribution is -0.302. The first-order valence-corrected chi connectivity index (χ1v) is 5.54. The van der Waals surface area contributed by atoms with Crippen molar-refractivity contribution in [3.63, 3.8) is 0 Å². The Bertz CT molecular complexity index is 89.7. The second kappa shape index (κ2) is 9.78. The highest BCUT2D eigenvalue weighted by atomic mass is 32.2. The van der Waals surface area contributed by atoms with Crippen LogP contribution in [0, 0.1) is 0 Å². The van der Waals surface area contributed by atoms with Gasteiger partial charge in [0.25, 0.3) is 0 Å². The van der Waals surface area contributed by atoms with E-state index in [-0.39, 0.29) is 0 Å². The van der Waals surface area contributed by atoms with Crippen molar-refractivity contribution in [3.8, 4) is 0 Å². The number of hydrogen-bond donors (Lipinski definition) is 1. The molecule has 0 radical (unpaired) electrons. The Morgan fingerprint density at radius 3 is 2.00 bits per heavy atom. The second-order valence-corrected chi connectivity index (χ2v) is 4.64. The van der Waals surface area contributed by atoms with Crippen LogP contribution in [0.1, 0.15) is 13.3 Å². The number of carbonyl (C=O) groups excluding carboxylic acids is 1. The highest BCUT2D eigenvalue weighted by molar-refractivity contribution is 7.95. The fourth-order valence-electron chi connectivity index (χ4n) is 0.353. The molecular weight excluding hydrogens is 164 g/mol. The topological polar surface area (TPSA) is 60.4 Å².